The quantitative estimate of drug-likeness (QED) is 0.832. The van der Waals surface area contributed by atoms with Gasteiger partial charge in [-0.25, -0.2) is 0 Å². The number of rotatable bonds is 4. The molecule has 1 N–H and O–H groups in total. The number of anilines is 2. The minimum Gasteiger partial charge on any atom is -0.494 e. The Balaban J connectivity index is 1.77. The second-order valence-corrected chi connectivity index (χ2v) is 8.17. The summed E-state index contributed by atoms with van der Waals surface area (Å²) in [6.45, 7) is 7.12. The molecule has 0 radical (unpaired) electrons. The van der Waals surface area contributed by atoms with Gasteiger partial charge >= 0.3 is 0 Å². The number of amides is 2. The number of ether oxygens (including phenoxy) is 1. The van der Waals surface area contributed by atoms with E-state index < -0.39 is 0 Å². The van der Waals surface area contributed by atoms with Crippen LogP contribution in [-0.4, -0.2) is 25.5 Å². The van der Waals surface area contributed by atoms with Gasteiger partial charge in [0.2, 0.25) is 5.91 Å². The highest BCUT2D eigenvalue weighted by atomic mass is 16.5. The van der Waals surface area contributed by atoms with Crippen LogP contribution in [0.3, 0.4) is 0 Å². The summed E-state index contributed by atoms with van der Waals surface area (Å²) < 4.78 is 5.48. The molecule has 148 valence electrons. The molecular formula is C23H28N2O3. The van der Waals surface area contributed by atoms with Crippen molar-refractivity contribution < 1.29 is 14.3 Å². The van der Waals surface area contributed by atoms with Gasteiger partial charge in [-0.1, -0.05) is 32.9 Å². The predicted molar refractivity (Wildman–Crippen MR) is 112 cm³/mol. The number of nitrogens with one attached hydrogen (secondary N) is 1. The van der Waals surface area contributed by atoms with E-state index >= 15 is 0 Å². The normalized spacial score (nSPS) is 14.7. The third-order valence-corrected chi connectivity index (χ3v) is 5.06. The fourth-order valence-corrected chi connectivity index (χ4v) is 3.36. The van der Waals surface area contributed by atoms with E-state index in [2.05, 4.69) is 26.1 Å². The first-order chi connectivity index (χ1) is 13.3. The van der Waals surface area contributed by atoms with Crippen LogP contribution in [0.1, 0.15) is 56.0 Å². The maximum Gasteiger partial charge on any atom is 0.255 e. The first-order valence-electron chi connectivity index (χ1n) is 9.70. The first kappa shape index (κ1) is 19.9. The second-order valence-electron chi connectivity index (χ2n) is 8.17. The van der Waals surface area contributed by atoms with Crippen molar-refractivity contribution in [2.24, 2.45) is 0 Å². The molecule has 0 unspecified atom stereocenters. The summed E-state index contributed by atoms with van der Waals surface area (Å²) in [5.41, 5.74) is 3.21. The zero-order chi connectivity index (χ0) is 20.3. The average molecular weight is 380 g/mol. The van der Waals surface area contributed by atoms with Crippen LogP contribution in [0.4, 0.5) is 11.4 Å². The van der Waals surface area contributed by atoms with Crippen molar-refractivity contribution in [3.8, 4) is 5.75 Å². The number of hydrogen-bond acceptors (Lipinski definition) is 3. The Kier molecular flexibility index (Phi) is 5.73. The van der Waals surface area contributed by atoms with Gasteiger partial charge in [-0.15, -0.1) is 0 Å². The van der Waals surface area contributed by atoms with Crippen molar-refractivity contribution in [3.63, 3.8) is 0 Å². The summed E-state index contributed by atoms with van der Waals surface area (Å²) >= 11 is 0. The molecule has 0 aromatic heterocycles. The number of carbonyl (C=O) groups excluding carboxylic acids is 2. The van der Waals surface area contributed by atoms with E-state index in [9.17, 15) is 9.59 Å². The summed E-state index contributed by atoms with van der Waals surface area (Å²) in [7, 11) is 1.57. The summed E-state index contributed by atoms with van der Waals surface area (Å²) in [6, 6.07) is 13.1. The lowest BCUT2D eigenvalue weighted by Crippen LogP contribution is -2.35. The molecule has 5 heteroatoms. The Hall–Kier alpha value is -2.82. The van der Waals surface area contributed by atoms with Crippen molar-refractivity contribution >= 4 is 23.2 Å². The van der Waals surface area contributed by atoms with E-state index in [1.165, 1.54) is 5.56 Å². The Morgan fingerprint density at radius 1 is 1.07 bits per heavy atom. The van der Waals surface area contributed by atoms with Gasteiger partial charge in [0.15, 0.2) is 0 Å². The lowest BCUT2D eigenvalue weighted by molar-refractivity contribution is -0.119. The van der Waals surface area contributed by atoms with Gasteiger partial charge in [0.05, 0.1) is 12.8 Å². The molecule has 1 fully saturated rings. The maximum atomic E-state index is 12.6. The molecule has 0 atom stereocenters. The van der Waals surface area contributed by atoms with Crippen molar-refractivity contribution in [1.29, 1.82) is 0 Å². The second kappa shape index (κ2) is 8.05. The molecule has 3 rings (SSSR count). The van der Waals surface area contributed by atoms with Crippen molar-refractivity contribution in [1.82, 2.24) is 0 Å². The van der Waals surface area contributed by atoms with Crippen molar-refractivity contribution in [3.05, 3.63) is 53.6 Å². The van der Waals surface area contributed by atoms with Crippen LogP contribution in [0.25, 0.3) is 0 Å². The highest BCUT2D eigenvalue weighted by Gasteiger charge is 2.23. The standard InChI is InChI=1S/C23H28N2O3/c1-23(2,3)17-10-8-16(9-11-17)22(27)24-18-12-13-19(20(15-18)28-4)25-14-6-5-7-21(25)26/h8-13,15H,5-7,14H2,1-4H3,(H,24,27). The number of benzene rings is 2. The monoisotopic (exact) mass is 380 g/mol. The van der Waals surface area contributed by atoms with Crippen LogP contribution in [0.15, 0.2) is 42.5 Å². The SMILES string of the molecule is COc1cc(NC(=O)c2ccc(C(C)(C)C)cc2)ccc1N1CCCCC1=O. The number of methoxy groups -OCH3 is 1. The fraction of sp³-hybridized carbons (Fsp3) is 0.391. The molecule has 2 amide bonds. The predicted octanol–water partition coefficient (Wildman–Crippen LogP) is 4.76. The van der Waals surface area contributed by atoms with E-state index in [1.54, 1.807) is 24.1 Å². The van der Waals surface area contributed by atoms with E-state index in [4.69, 9.17) is 4.74 Å². The molecular weight excluding hydrogens is 352 g/mol. The summed E-state index contributed by atoms with van der Waals surface area (Å²) in [6.07, 6.45) is 2.48. The molecule has 2 aromatic carbocycles. The maximum absolute atomic E-state index is 12.6. The zero-order valence-corrected chi connectivity index (χ0v) is 17.0. The Bertz CT molecular complexity index is 866. The Labute approximate surface area is 166 Å². The largest absolute Gasteiger partial charge is 0.494 e. The molecule has 1 heterocycles. The van der Waals surface area contributed by atoms with E-state index in [1.807, 2.05) is 30.3 Å². The van der Waals surface area contributed by atoms with E-state index in [0.717, 1.165) is 18.5 Å². The molecule has 5 nitrogen and oxygen atoms in total. The highest BCUT2D eigenvalue weighted by Crippen LogP contribution is 2.33. The lowest BCUT2D eigenvalue weighted by Gasteiger charge is -2.28. The summed E-state index contributed by atoms with van der Waals surface area (Å²) in [5.74, 6) is 0.515. The Morgan fingerprint density at radius 2 is 1.79 bits per heavy atom. The topological polar surface area (TPSA) is 58.6 Å². The number of carbonyl (C=O) groups is 2. The van der Waals surface area contributed by atoms with Crippen LogP contribution in [0, 0.1) is 0 Å². The minimum atomic E-state index is -0.177. The van der Waals surface area contributed by atoms with Crippen molar-refractivity contribution in [2.75, 3.05) is 23.9 Å². The Morgan fingerprint density at radius 3 is 2.39 bits per heavy atom. The molecule has 1 saturated heterocycles. The van der Waals surface area contributed by atoms with Crippen LogP contribution in [-0.2, 0) is 10.2 Å². The number of piperidine rings is 1. The first-order valence-corrected chi connectivity index (χ1v) is 9.70. The zero-order valence-electron chi connectivity index (χ0n) is 17.0. The van der Waals surface area contributed by atoms with Crippen LogP contribution in [0.5, 0.6) is 5.75 Å². The lowest BCUT2D eigenvalue weighted by atomic mass is 9.87. The van der Waals surface area contributed by atoms with Crippen LogP contribution >= 0.6 is 0 Å². The van der Waals surface area contributed by atoms with Gasteiger partial charge in [0, 0.05) is 30.3 Å². The molecule has 1 aliphatic heterocycles. The molecule has 2 aromatic rings. The molecule has 0 bridgehead atoms. The van der Waals surface area contributed by atoms with E-state index in [0.29, 0.717) is 30.0 Å². The van der Waals surface area contributed by atoms with Gasteiger partial charge in [0.25, 0.3) is 5.91 Å². The van der Waals surface area contributed by atoms with Gasteiger partial charge in [0.1, 0.15) is 5.75 Å². The van der Waals surface area contributed by atoms with Gasteiger partial charge in [-0.2, -0.15) is 0 Å². The summed E-state index contributed by atoms with van der Waals surface area (Å²) in [4.78, 5) is 26.6. The highest BCUT2D eigenvalue weighted by molar-refractivity contribution is 6.04. The molecule has 0 saturated carbocycles. The average Bonchev–Trinajstić information content (AvgIpc) is 2.68. The molecule has 1 aliphatic rings. The number of nitrogens with zero attached hydrogens (tertiary/aromatic N) is 1. The van der Waals surface area contributed by atoms with Gasteiger partial charge in [-0.05, 0) is 48.1 Å². The minimum absolute atomic E-state index is 0.0457. The van der Waals surface area contributed by atoms with Crippen LogP contribution < -0.4 is 15.0 Å². The molecule has 0 spiro atoms. The van der Waals surface area contributed by atoms with Crippen molar-refractivity contribution in [2.45, 2.75) is 45.4 Å². The third kappa shape index (κ3) is 4.35. The van der Waals surface area contributed by atoms with Gasteiger partial charge < -0.3 is 15.0 Å². The van der Waals surface area contributed by atoms with Crippen LogP contribution in [0.2, 0.25) is 0 Å². The van der Waals surface area contributed by atoms with Gasteiger partial charge in [-0.3, -0.25) is 9.59 Å². The smallest absolute Gasteiger partial charge is 0.255 e. The molecule has 0 aliphatic carbocycles. The summed E-state index contributed by atoms with van der Waals surface area (Å²) in [5, 5.41) is 2.91. The third-order valence-electron chi connectivity index (χ3n) is 5.06. The fourth-order valence-electron chi connectivity index (χ4n) is 3.36. The van der Waals surface area contributed by atoms with E-state index in [-0.39, 0.29) is 17.2 Å². The molecule has 28 heavy (non-hydrogen) atoms. The number of hydrogen-bond donors (Lipinski definition) is 1.